The van der Waals surface area contributed by atoms with Crippen LogP contribution in [-0.2, 0) is 13.0 Å². The van der Waals surface area contributed by atoms with Crippen molar-refractivity contribution in [2.75, 3.05) is 14.2 Å². The van der Waals surface area contributed by atoms with Crippen LogP contribution in [-0.4, -0.2) is 23.8 Å². The Morgan fingerprint density at radius 3 is 2.48 bits per heavy atom. The average molecular weight is 334 g/mol. The first-order valence-electron chi connectivity index (χ1n) is 8.13. The third-order valence-electron chi connectivity index (χ3n) is 4.59. The summed E-state index contributed by atoms with van der Waals surface area (Å²) in [5, 5.41) is 0. The Labute approximate surface area is 145 Å². The van der Waals surface area contributed by atoms with E-state index in [4.69, 9.17) is 9.47 Å². The number of benzene rings is 2. The molecule has 2 aromatic carbocycles. The molecule has 0 atom stereocenters. The first-order valence-corrected chi connectivity index (χ1v) is 8.13. The molecule has 126 valence electrons. The van der Waals surface area contributed by atoms with Gasteiger partial charge >= 0.3 is 0 Å². The van der Waals surface area contributed by atoms with Crippen molar-refractivity contribution in [1.82, 2.24) is 9.55 Å². The molecule has 0 unspecified atom stereocenters. The van der Waals surface area contributed by atoms with E-state index >= 15 is 0 Å². The van der Waals surface area contributed by atoms with E-state index in [1.807, 2.05) is 42.5 Å². The third-order valence-corrected chi connectivity index (χ3v) is 4.59. The number of aryl methyl sites for hydroxylation is 1. The molecule has 0 bridgehead atoms. The lowest BCUT2D eigenvalue weighted by atomic mass is 9.97. The Morgan fingerprint density at radius 2 is 1.76 bits per heavy atom. The van der Waals surface area contributed by atoms with Gasteiger partial charge in [-0.3, -0.25) is 4.79 Å². The minimum atomic E-state index is -0.0656. The van der Waals surface area contributed by atoms with Crippen molar-refractivity contribution in [1.29, 1.82) is 0 Å². The summed E-state index contributed by atoms with van der Waals surface area (Å²) in [6.45, 7) is 0.624. The molecule has 5 nitrogen and oxygen atoms in total. The minimum Gasteiger partial charge on any atom is -0.493 e. The van der Waals surface area contributed by atoms with Crippen LogP contribution in [0.3, 0.4) is 0 Å². The highest BCUT2D eigenvalue weighted by molar-refractivity contribution is 5.71. The lowest BCUT2D eigenvalue weighted by Gasteiger charge is -2.23. The van der Waals surface area contributed by atoms with Crippen LogP contribution in [0.15, 0.2) is 53.5 Å². The van der Waals surface area contributed by atoms with Gasteiger partial charge in [-0.1, -0.05) is 30.3 Å². The second kappa shape index (κ2) is 6.09. The van der Waals surface area contributed by atoms with Crippen LogP contribution < -0.4 is 15.0 Å². The standard InChI is InChI=1S/C20H18N2O3/c1-24-17-10-14-8-9-22-16(15(14)11-18(17)25-2)12-21-19(20(22)23)13-6-4-3-5-7-13/h3-7,10-12H,8-9H2,1-2H3. The van der Waals surface area contributed by atoms with Gasteiger partial charge in [0.05, 0.1) is 26.1 Å². The fraction of sp³-hybridized carbons (Fsp3) is 0.200. The molecule has 2 heterocycles. The van der Waals surface area contributed by atoms with Crippen LogP contribution in [0.2, 0.25) is 0 Å². The van der Waals surface area contributed by atoms with E-state index in [0.29, 0.717) is 23.7 Å². The number of ether oxygens (including phenoxy) is 2. The van der Waals surface area contributed by atoms with Crippen molar-refractivity contribution >= 4 is 0 Å². The summed E-state index contributed by atoms with van der Waals surface area (Å²) in [5.74, 6) is 1.35. The maximum absolute atomic E-state index is 12.9. The van der Waals surface area contributed by atoms with Crippen LogP contribution in [0.5, 0.6) is 11.5 Å². The molecule has 1 aliphatic rings. The number of nitrogens with zero attached hydrogens (tertiary/aromatic N) is 2. The molecule has 5 heteroatoms. The normalized spacial score (nSPS) is 12.2. The van der Waals surface area contributed by atoms with Crippen molar-refractivity contribution in [3.8, 4) is 34.0 Å². The predicted molar refractivity (Wildman–Crippen MR) is 96.2 cm³/mol. The zero-order valence-electron chi connectivity index (χ0n) is 14.2. The van der Waals surface area contributed by atoms with Crippen molar-refractivity contribution in [3.05, 3.63) is 64.6 Å². The molecule has 3 aromatic rings. The molecule has 0 amide bonds. The van der Waals surface area contributed by atoms with E-state index in [9.17, 15) is 4.79 Å². The Bertz CT molecular complexity index is 994. The first-order chi connectivity index (χ1) is 12.2. The number of aromatic nitrogens is 2. The van der Waals surface area contributed by atoms with Gasteiger partial charge in [0.25, 0.3) is 5.56 Å². The molecular weight excluding hydrogens is 316 g/mol. The number of rotatable bonds is 3. The minimum absolute atomic E-state index is 0.0656. The molecular formula is C20H18N2O3. The molecule has 4 rings (SSSR count). The van der Waals surface area contributed by atoms with Gasteiger partial charge in [0.15, 0.2) is 11.5 Å². The summed E-state index contributed by atoms with van der Waals surface area (Å²) >= 11 is 0. The van der Waals surface area contributed by atoms with Gasteiger partial charge in [0.2, 0.25) is 0 Å². The quantitative estimate of drug-likeness (QED) is 0.738. The van der Waals surface area contributed by atoms with Crippen molar-refractivity contribution < 1.29 is 9.47 Å². The number of hydrogen-bond acceptors (Lipinski definition) is 4. The number of fused-ring (bicyclic) bond motifs is 3. The summed E-state index contributed by atoms with van der Waals surface area (Å²) in [6.07, 6.45) is 2.54. The van der Waals surface area contributed by atoms with Crippen LogP contribution >= 0.6 is 0 Å². The van der Waals surface area contributed by atoms with E-state index in [0.717, 1.165) is 28.8 Å². The van der Waals surface area contributed by atoms with Crippen LogP contribution in [0.1, 0.15) is 5.56 Å². The second-order valence-corrected chi connectivity index (χ2v) is 5.93. The topological polar surface area (TPSA) is 53.4 Å². The van der Waals surface area contributed by atoms with E-state index < -0.39 is 0 Å². The Kier molecular flexibility index (Phi) is 3.76. The fourth-order valence-electron chi connectivity index (χ4n) is 3.32. The molecule has 0 saturated heterocycles. The molecule has 0 spiro atoms. The van der Waals surface area contributed by atoms with Crippen molar-refractivity contribution in [2.45, 2.75) is 13.0 Å². The zero-order chi connectivity index (χ0) is 17.4. The van der Waals surface area contributed by atoms with Gasteiger partial charge in [0, 0.05) is 17.7 Å². The molecule has 0 radical (unpaired) electrons. The maximum atomic E-state index is 12.9. The van der Waals surface area contributed by atoms with E-state index in [1.165, 1.54) is 0 Å². The number of methoxy groups -OCH3 is 2. The summed E-state index contributed by atoms with van der Waals surface area (Å²) in [7, 11) is 3.23. The maximum Gasteiger partial charge on any atom is 0.277 e. The first kappa shape index (κ1) is 15.4. The van der Waals surface area contributed by atoms with Crippen LogP contribution in [0.25, 0.3) is 22.5 Å². The Balaban J connectivity index is 1.90. The van der Waals surface area contributed by atoms with Gasteiger partial charge in [-0.2, -0.15) is 0 Å². The molecule has 25 heavy (non-hydrogen) atoms. The van der Waals surface area contributed by atoms with Crippen molar-refractivity contribution in [3.63, 3.8) is 0 Å². The van der Waals surface area contributed by atoms with Crippen molar-refractivity contribution in [2.24, 2.45) is 0 Å². The SMILES string of the molecule is COc1cc2c(cc1OC)-c1cnc(-c3ccccc3)c(=O)n1CC2. The largest absolute Gasteiger partial charge is 0.493 e. The lowest BCUT2D eigenvalue weighted by Crippen LogP contribution is -2.28. The highest BCUT2D eigenvalue weighted by Crippen LogP contribution is 2.37. The molecule has 0 aliphatic carbocycles. The predicted octanol–water partition coefficient (Wildman–Crippen LogP) is 3.15. The Hall–Kier alpha value is -3.08. The lowest BCUT2D eigenvalue weighted by molar-refractivity contribution is 0.354. The fourth-order valence-corrected chi connectivity index (χ4v) is 3.32. The molecule has 0 N–H and O–H groups in total. The highest BCUT2D eigenvalue weighted by Gasteiger charge is 2.22. The monoisotopic (exact) mass is 334 g/mol. The average Bonchev–Trinajstić information content (AvgIpc) is 2.67. The van der Waals surface area contributed by atoms with Gasteiger partial charge in [-0.15, -0.1) is 0 Å². The molecule has 1 aromatic heterocycles. The van der Waals surface area contributed by atoms with Crippen LogP contribution in [0.4, 0.5) is 0 Å². The van der Waals surface area contributed by atoms with Gasteiger partial charge in [-0.05, 0) is 24.1 Å². The molecule has 0 saturated carbocycles. The zero-order valence-corrected chi connectivity index (χ0v) is 14.2. The third kappa shape index (κ3) is 2.48. The van der Waals surface area contributed by atoms with Gasteiger partial charge < -0.3 is 14.0 Å². The molecule has 1 aliphatic heterocycles. The summed E-state index contributed by atoms with van der Waals surface area (Å²) < 4.78 is 12.6. The Morgan fingerprint density at radius 1 is 1.04 bits per heavy atom. The van der Waals surface area contributed by atoms with Gasteiger partial charge in [-0.25, -0.2) is 4.98 Å². The highest BCUT2D eigenvalue weighted by atomic mass is 16.5. The molecule has 0 fully saturated rings. The summed E-state index contributed by atoms with van der Waals surface area (Å²) in [5.41, 5.74) is 4.16. The van der Waals surface area contributed by atoms with Crippen LogP contribution in [0, 0.1) is 0 Å². The van der Waals surface area contributed by atoms with E-state index in [1.54, 1.807) is 25.0 Å². The van der Waals surface area contributed by atoms with E-state index in [2.05, 4.69) is 4.98 Å². The number of hydrogen-bond donors (Lipinski definition) is 0. The smallest absolute Gasteiger partial charge is 0.277 e. The summed E-state index contributed by atoms with van der Waals surface area (Å²) in [4.78, 5) is 17.4. The second-order valence-electron chi connectivity index (χ2n) is 5.93. The van der Waals surface area contributed by atoms with E-state index in [-0.39, 0.29) is 5.56 Å². The summed E-state index contributed by atoms with van der Waals surface area (Å²) in [6, 6.07) is 13.5. The van der Waals surface area contributed by atoms with Gasteiger partial charge in [0.1, 0.15) is 5.69 Å².